The maximum absolute atomic E-state index is 12.8. The molecule has 3 aromatic carbocycles. The van der Waals surface area contributed by atoms with Gasteiger partial charge in [-0.05, 0) is 66.4 Å². The summed E-state index contributed by atoms with van der Waals surface area (Å²) < 4.78 is 23.1. The average Bonchev–Trinajstić information content (AvgIpc) is 3.48. The second kappa shape index (κ2) is 8.86. The zero-order valence-electron chi connectivity index (χ0n) is 20.3. The van der Waals surface area contributed by atoms with Crippen LogP contribution in [0.25, 0.3) is 0 Å². The minimum atomic E-state index is -0.306. The lowest BCUT2D eigenvalue weighted by Gasteiger charge is -2.26. The second-order valence-corrected chi connectivity index (χ2v) is 9.55. The first-order valence-corrected chi connectivity index (χ1v) is 12.2. The maximum atomic E-state index is 12.8. The van der Waals surface area contributed by atoms with Crippen molar-refractivity contribution in [3.63, 3.8) is 0 Å². The molecule has 0 saturated heterocycles. The SMILES string of the molecule is CC(C)=C1Oc2c(ccc3c2C(c2ccc(OCCc4ccc5c(c4)CCO5)cc2)CC(=O)O3)C1=O. The monoisotopic (exact) mass is 482 g/mol. The van der Waals surface area contributed by atoms with Crippen molar-refractivity contribution in [3.05, 3.63) is 93.7 Å². The van der Waals surface area contributed by atoms with Crippen molar-refractivity contribution in [2.24, 2.45) is 0 Å². The van der Waals surface area contributed by atoms with Crippen LogP contribution in [0.5, 0.6) is 23.0 Å². The van der Waals surface area contributed by atoms with E-state index in [4.69, 9.17) is 18.9 Å². The summed E-state index contributed by atoms with van der Waals surface area (Å²) in [6.45, 7) is 5.01. The summed E-state index contributed by atoms with van der Waals surface area (Å²) >= 11 is 0. The van der Waals surface area contributed by atoms with Crippen LogP contribution in [0.3, 0.4) is 0 Å². The van der Waals surface area contributed by atoms with Gasteiger partial charge in [0.05, 0.1) is 25.2 Å². The highest BCUT2D eigenvalue weighted by Gasteiger charge is 2.38. The number of fused-ring (bicyclic) bond motifs is 4. The summed E-state index contributed by atoms with van der Waals surface area (Å²) in [6, 6.07) is 17.4. The van der Waals surface area contributed by atoms with E-state index in [9.17, 15) is 9.59 Å². The number of rotatable bonds is 5. The average molecular weight is 483 g/mol. The standard InChI is InChI=1S/C30H26O6/c1-17(2)29-28(32)22-8-10-25-27(30(22)36-29)23(16-26(31)35-25)19-4-6-21(7-5-19)33-13-11-18-3-9-24-20(15-18)12-14-34-24/h3-10,15,23H,11-14,16H2,1-2H3. The van der Waals surface area contributed by atoms with Gasteiger partial charge in [-0.2, -0.15) is 0 Å². The molecule has 6 rings (SSSR count). The molecule has 0 spiro atoms. The number of esters is 1. The highest BCUT2D eigenvalue weighted by Crippen LogP contribution is 2.49. The molecule has 0 fully saturated rings. The van der Waals surface area contributed by atoms with E-state index in [1.807, 2.05) is 44.2 Å². The number of ether oxygens (including phenoxy) is 4. The molecule has 0 N–H and O–H groups in total. The number of hydrogen-bond acceptors (Lipinski definition) is 6. The second-order valence-electron chi connectivity index (χ2n) is 9.55. The van der Waals surface area contributed by atoms with Crippen LogP contribution in [0.4, 0.5) is 0 Å². The van der Waals surface area contributed by atoms with Crippen LogP contribution < -0.4 is 18.9 Å². The molecule has 1 unspecified atom stereocenters. The van der Waals surface area contributed by atoms with Crippen LogP contribution in [0.15, 0.2) is 65.9 Å². The Hall–Kier alpha value is -4.06. The van der Waals surface area contributed by atoms with Crippen molar-refractivity contribution < 1.29 is 28.5 Å². The fraction of sp³-hybridized carbons (Fsp3) is 0.267. The van der Waals surface area contributed by atoms with Gasteiger partial charge in [0.25, 0.3) is 0 Å². The van der Waals surface area contributed by atoms with Gasteiger partial charge in [0, 0.05) is 24.3 Å². The maximum Gasteiger partial charge on any atom is 0.312 e. The van der Waals surface area contributed by atoms with Crippen molar-refractivity contribution in [1.29, 1.82) is 0 Å². The summed E-state index contributed by atoms with van der Waals surface area (Å²) in [5.41, 5.74) is 5.49. The highest BCUT2D eigenvalue weighted by molar-refractivity contribution is 6.13. The largest absolute Gasteiger partial charge is 0.493 e. The number of carbonyl (C=O) groups is 2. The number of ketones is 1. The Labute approximate surface area is 209 Å². The fourth-order valence-electron chi connectivity index (χ4n) is 5.09. The van der Waals surface area contributed by atoms with Gasteiger partial charge in [0.2, 0.25) is 5.78 Å². The van der Waals surface area contributed by atoms with Crippen molar-refractivity contribution in [1.82, 2.24) is 0 Å². The Morgan fingerprint density at radius 3 is 2.58 bits per heavy atom. The van der Waals surface area contributed by atoms with Crippen LogP contribution in [-0.4, -0.2) is 25.0 Å². The van der Waals surface area contributed by atoms with Crippen LogP contribution in [-0.2, 0) is 17.6 Å². The zero-order chi connectivity index (χ0) is 24.8. The summed E-state index contributed by atoms with van der Waals surface area (Å²) in [7, 11) is 0. The third-order valence-corrected chi connectivity index (χ3v) is 6.90. The minimum Gasteiger partial charge on any atom is -0.493 e. The van der Waals surface area contributed by atoms with Crippen molar-refractivity contribution in [2.75, 3.05) is 13.2 Å². The zero-order valence-corrected chi connectivity index (χ0v) is 20.3. The first-order chi connectivity index (χ1) is 17.5. The molecule has 6 nitrogen and oxygen atoms in total. The molecule has 182 valence electrons. The van der Waals surface area contributed by atoms with Gasteiger partial charge in [0.15, 0.2) is 5.76 Å². The van der Waals surface area contributed by atoms with E-state index in [1.165, 1.54) is 11.1 Å². The number of carbonyl (C=O) groups excluding carboxylic acids is 2. The summed E-state index contributed by atoms with van der Waals surface area (Å²) in [4.78, 5) is 25.2. The lowest BCUT2D eigenvalue weighted by Crippen LogP contribution is -2.21. The van der Waals surface area contributed by atoms with Crippen LogP contribution in [0.2, 0.25) is 0 Å². The molecule has 3 heterocycles. The van der Waals surface area contributed by atoms with Gasteiger partial charge < -0.3 is 18.9 Å². The smallest absolute Gasteiger partial charge is 0.312 e. The van der Waals surface area contributed by atoms with Crippen LogP contribution in [0, 0.1) is 0 Å². The Kier molecular flexibility index (Phi) is 5.52. The summed E-state index contributed by atoms with van der Waals surface area (Å²) in [6.07, 6.45) is 1.94. The van der Waals surface area contributed by atoms with E-state index in [0.29, 0.717) is 29.4 Å². The quantitative estimate of drug-likeness (QED) is 0.270. The molecular formula is C30H26O6. The summed E-state index contributed by atoms with van der Waals surface area (Å²) in [5, 5.41) is 0. The molecule has 0 saturated carbocycles. The van der Waals surface area contributed by atoms with Crippen molar-refractivity contribution in [3.8, 4) is 23.0 Å². The number of benzene rings is 3. The molecule has 6 heteroatoms. The Morgan fingerprint density at radius 1 is 0.972 bits per heavy atom. The fourth-order valence-corrected chi connectivity index (χ4v) is 5.09. The number of allylic oxidation sites excluding steroid dienone is 2. The van der Waals surface area contributed by atoms with Crippen molar-refractivity contribution >= 4 is 11.8 Å². The van der Waals surface area contributed by atoms with E-state index in [2.05, 4.69) is 12.1 Å². The molecule has 0 bridgehead atoms. The lowest BCUT2D eigenvalue weighted by molar-refractivity contribution is -0.135. The third-order valence-electron chi connectivity index (χ3n) is 6.90. The third kappa shape index (κ3) is 3.92. The molecule has 0 radical (unpaired) electrons. The van der Waals surface area contributed by atoms with Gasteiger partial charge in [-0.3, -0.25) is 9.59 Å². The molecule has 3 aliphatic rings. The van der Waals surface area contributed by atoms with Gasteiger partial charge in [-0.1, -0.05) is 24.3 Å². The van der Waals surface area contributed by atoms with Crippen LogP contribution >= 0.6 is 0 Å². The van der Waals surface area contributed by atoms with Gasteiger partial charge >= 0.3 is 5.97 Å². The molecule has 1 atom stereocenters. The molecule has 3 aliphatic heterocycles. The molecule has 0 aromatic heterocycles. The molecule has 36 heavy (non-hydrogen) atoms. The molecule has 3 aromatic rings. The van der Waals surface area contributed by atoms with Gasteiger partial charge in [-0.25, -0.2) is 0 Å². The van der Waals surface area contributed by atoms with Crippen LogP contribution in [0.1, 0.15) is 58.8 Å². The van der Waals surface area contributed by atoms with E-state index >= 15 is 0 Å². The normalized spacial score (nSPS) is 17.5. The Bertz CT molecular complexity index is 1410. The molecule has 0 aliphatic carbocycles. The number of Topliss-reactive ketones (excluding diaryl/α,β-unsaturated/α-hetero) is 1. The van der Waals surface area contributed by atoms with Gasteiger partial charge in [0.1, 0.15) is 23.0 Å². The predicted octanol–water partition coefficient (Wildman–Crippen LogP) is 5.55. The predicted molar refractivity (Wildman–Crippen MR) is 133 cm³/mol. The first-order valence-electron chi connectivity index (χ1n) is 12.2. The van der Waals surface area contributed by atoms with Crippen molar-refractivity contribution in [2.45, 2.75) is 39.0 Å². The topological polar surface area (TPSA) is 71.1 Å². The Morgan fingerprint density at radius 2 is 1.78 bits per heavy atom. The van der Waals surface area contributed by atoms with E-state index in [1.54, 1.807) is 12.1 Å². The van der Waals surface area contributed by atoms with E-state index < -0.39 is 0 Å². The molecule has 0 amide bonds. The van der Waals surface area contributed by atoms with Gasteiger partial charge in [-0.15, -0.1) is 0 Å². The summed E-state index contributed by atoms with van der Waals surface area (Å²) in [5.74, 6) is 2.31. The van der Waals surface area contributed by atoms with E-state index in [0.717, 1.165) is 47.6 Å². The first kappa shape index (κ1) is 22.4. The Balaban J connectivity index is 1.21. The minimum absolute atomic E-state index is 0.136. The lowest BCUT2D eigenvalue weighted by atomic mass is 9.84. The van der Waals surface area contributed by atoms with E-state index in [-0.39, 0.29) is 24.1 Å². The number of hydrogen-bond donors (Lipinski definition) is 0. The molecular weight excluding hydrogens is 456 g/mol. The highest BCUT2D eigenvalue weighted by atomic mass is 16.5.